The predicted octanol–water partition coefficient (Wildman–Crippen LogP) is -0.481. The lowest BCUT2D eigenvalue weighted by molar-refractivity contribution is -0.140. The zero-order chi connectivity index (χ0) is 17.7. The summed E-state index contributed by atoms with van der Waals surface area (Å²) in [5, 5.41) is 2.38. The second-order valence-electron chi connectivity index (χ2n) is 4.18. The number of carbonyl (C=O) groups excluding carboxylic acids is 2. The van der Waals surface area contributed by atoms with Crippen LogP contribution in [0.3, 0.4) is 0 Å². The van der Waals surface area contributed by atoms with E-state index in [-0.39, 0.29) is 19.1 Å². The standard InChI is InChI=1S/C13H23N2O7P/c1-14-12(17)4-6-15(10-16)13(9-21-3)22-11(8-20-2)5-7-23(18)19/h4-7,10-11,13,18-19H,8-9H2,1-3H3,(H,14,17)/b6-4-,7-5+. The lowest BCUT2D eigenvalue weighted by Gasteiger charge is -2.28. The first-order chi connectivity index (χ1) is 11.0. The van der Waals surface area contributed by atoms with Gasteiger partial charge in [0, 0.05) is 33.5 Å². The Labute approximate surface area is 136 Å². The van der Waals surface area contributed by atoms with Crippen LogP contribution in [0, 0.1) is 0 Å². The molecule has 0 fully saturated rings. The molecule has 0 radical (unpaired) electrons. The molecular weight excluding hydrogens is 327 g/mol. The molecule has 0 saturated heterocycles. The topological polar surface area (TPSA) is 118 Å². The molecule has 9 nitrogen and oxygen atoms in total. The van der Waals surface area contributed by atoms with Crippen molar-refractivity contribution in [2.75, 3.05) is 34.5 Å². The number of hydrogen-bond donors (Lipinski definition) is 3. The van der Waals surface area contributed by atoms with E-state index < -0.39 is 20.7 Å². The van der Waals surface area contributed by atoms with Gasteiger partial charge < -0.3 is 29.3 Å². The second kappa shape index (κ2) is 13.1. The molecule has 0 spiro atoms. The van der Waals surface area contributed by atoms with Gasteiger partial charge in [-0.2, -0.15) is 0 Å². The number of nitrogens with zero attached hydrogens (tertiary/aromatic N) is 1. The van der Waals surface area contributed by atoms with E-state index in [1.165, 1.54) is 45.4 Å². The Hall–Kier alpha value is -1.35. The van der Waals surface area contributed by atoms with E-state index in [9.17, 15) is 9.59 Å². The summed E-state index contributed by atoms with van der Waals surface area (Å²) in [6, 6.07) is 0. The number of likely N-dealkylation sites (N-methyl/N-ethyl adjacent to an activating group) is 1. The fraction of sp³-hybridized carbons (Fsp3) is 0.538. The number of amides is 2. The van der Waals surface area contributed by atoms with Gasteiger partial charge in [-0.3, -0.25) is 14.5 Å². The van der Waals surface area contributed by atoms with Crippen molar-refractivity contribution in [2.24, 2.45) is 0 Å². The molecule has 10 heteroatoms. The van der Waals surface area contributed by atoms with Gasteiger partial charge in [-0.25, -0.2) is 0 Å². The number of hydrogen-bond acceptors (Lipinski definition) is 7. The van der Waals surface area contributed by atoms with Gasteiger partial charge in [-0.15, -0.1) is 0 Å². The van der Waals surface area contributed by atoms with Gasteiger partial charge in [0.15, 0.2) is 14.6 Å². The summed E-state index contributed by atoms with van der Waals surface area (Å²) in [6.07, 6.45) is 2.87. The fourth-order valence-corrected chi connectivity index (χ4v) is 1.80. The highest BCUT2D eigenvalue weighted by molar-refractivity contribution is 7.48. The Morgan fingerprint density at radius 1 is 1.30 bits per heavy atom. The molecule has 3 N–H and O–H groups in total. The van der Waals surface area contributed by atoms with Crippen LogP contribution in [0.25, 0.3) is 0 Å². The Balaban J connectivity index is 5.04. The van der Waals surface area contributed by atoms with E-state index in [2.05, 4.69) is 5.32 Å². The first-order valence-electron chi connectivity index (χ1n) is 6.59. The molecule has 0 aliphatic rings. The Morgan fingerprint density at radius 3 is 2.43 bits per heavy atom. The van der Waals surface area contributed by atoms with Gasteiger partial charge in [0.2, 0.25) is 12.3 Å². The van der Waals surface area contributed by atoms with E-state index in [0.29, 0.717) is 6.41 Å². The molecule has 0 aromatic carbocycles. The normalized spacial score (nSPS) is 14.3. The number of methoxy groups -OCH3 is 2. The van der Waals surface area contributed by atoms with Gasteiger partial charge >= 0.3 is 0 Å². The summed E-state index contributed by atoms with van der Waals surface area (Å²) in [5.74, 6) is 0.793. The monoisotopic (exact) mass is 350 g/mol. The van der Waals surface area contributed by atoms with E-state index in [0.717, 1.165) is 4.90 Å². The fourth-order valence-electron chi connectivity index (χ4n) is 1.45. The van der Waals surface area contributed by atoms with E-state index in [1.807, 2.05) is 0 Å². The van der Waals surface area contributed by atoms with Crippen LogP contribution < -0.4 is 5.32 Å². The lowest BCUT2D eigenvalue weighted by Crippen LogP contribution is -2.40. The molecule has 2 amide bonds. The van der Waals surface area contributed by atoms with Crippen molar-refractivity contribution in [1.29, 1.82) is 0 Å². The first-order valence-corrected chi connectivity index (χ1v) is 7.91. The van der Waals surface area contributed by atoms with E-state index in [1.54, 1.807) is 0 Å². The van der Waals surface area contributed by atoms with Crippen molar-refractivity contribution in [3.63, 3.8) is 0 Å². The van der Waals surface area contributed by atoms with Crippen LogP contribution in [0.2, 0.25) is 0 Å². The van der Waals surface area contributed by atoms with Gasteiger partial charge in [0.25, 0.3) is 0 Å². The molecule has 2 atom stereocenters. The minimum Gasteiger partial charge on any atom is -0.382 e. The van der Waals surface area contributed by atoms with Crippen molar-refractivity contribution in [3.8, 4) is 0 Å². The predicted molar refractivity (Wildman–Crippen MR) is 84.0 cm³/mol. The summed E-state index contributed by atoms with van der Waals surface area (Å²) in [4.78, 5) is 41.4. The molecule has 0 saturated carbocycles. The third-order valence-electron chi connectivity index (χ3n) is 2.50. The summed E-state index contributed by atoms with van der Waals surface area (Å²) in [7, 11) is 2.14. The summed E-state index contributed by atoms with van der Waals surface area (Å²) in [5.41, 5.74) is 0. The maximum atomic E-state index is 11.2. The Kier molecular flexibility index (Phi) is 12.4. The largest absolute Gasteiger partial charge is 0.382 e. The molecule has 132 valence electrons. The first kappa shape index (κ1) is 21.6. The second-order valence-corrected chi connectivity index (χ2v) is 5.12. The van der Waals surface area contributed by atoms with Crippen LogP contribution in [-0.4, -0.2) is 73.8 Å². The zero-order valence-electron chi connectivity index (χ0n) is 13.3. The average Bonchev–Trinajstić information content (AvgIpc) is 2.52. The highest BCUT2D eigenvalue weighted by Crippen LogP contribution is 2.25. The quantitative estimate of drug-likeness (QED) is 0.188. The molecule has 0 aliphatic carbocycles. The number of ether oxygens (including phenoxy) is 3. The van der Waals surface area contributed by atoms with Gasteiger partial charge in [-0.1, -0.05) is 0 Å². The third-order valence-corrected chi connectivity index (χ3v) is 2.94. The molecule has 0 aliphatic heterocycles. The van der Waals surface area contributed by atoms with Gasteiger partial charge in [0.05, 0.1) is 13.2 Å². The SMILES string of the molecule is CNC(=O)/C=C\N(C=O)C(COC)OC(/C=C/P(O)O)COC. The molecule has 0 aromatic heterocycles. The zero-order valence-corrected chi connectivity index (χ0v) is 14.2. The lowest BCUT2D eigenvalue weighted by atomic mass is 10.3. The summed E-state index contributed by atoms with van der Waals surface area (Å²) >= 11 is 0. The van der Waals surface area contributed by atoms with Gasteiger partial charge in [-0.05, 0) is 11.9 Å². The van der Waals surface area contributed by atoms with Crippen LogP contribution >= 0.6 is 8.38 Å². The van der Waals surface area contributed by atoms with Crippen LogP contribution in [0.4, 0.5) is 0 Å². The highest BCUT2D eigenvalue weighted by Gasteiger charge is 2.20. The van der Waals surface area contributed by atoms with Crippen LogP contribution in [0.15, 0.2) is 24.2 Å². The summed E-state index contributed by atoms with van der Waals surface area (Å²) in [6.45, 7) is 0.170. The van der Waals surface area contributed by atoms with Crippen molar-refractivity contribution in [3.05, 3.63) is 24.2 Å². The smallest absolute Gasteiger partial charge is 0.245 e. The molecule has 0 rings (SSSR count). The van der Waals surface area contributed by atoms with Crippen molar-refractivity contribution in [2.45, 2.75) is 12.3 Å². The maximum absolute atomic E-state index is 11.2. The van der Waals surface area contributed by atoms with Crippen LogP contribution in [0.5, 0.6) is 0 Å². The molecule has 0 bridgehead atoms. The molecule has 23 heavy (non-hydrogen) atoms. The Morgan fingerprint density at radius 2 is 1.96 bits per heavy atom. The number of nitrogens with one attached hydrogen (secondary N) is 1. The molecular formula is C13H23N2O7P. The van der Waals surface area contributed by atoms with E-state index >= 15 is 0 Å². The molecule has 0 heterocycles. The maximum Gasteiger partial charge on any atom is 0.245 e. The third kappa shape index (κ3) is 10.1. The Bertz CT molecular complexity index is 404. The number of rotatable bonds is 12. The molecule has 0 aromatic rings. The van der Waals surface area contributed by atoms with Crippen molar-refractivity contribution < 1.29 is 33.6 Å². The number of carbonyl (C=O) groups is 2. The highest BCUT2D eigenvalue weighted by atomic mass is 31.2. The van der Waals surface area contributed by atoms with Gasteiger partial charge in [0.1, 0.15) is 6.10 Å². The molecule has 2 unspecified atom stereocenters. The van der Waals surface area contributed by atoms with E-state index in [4.69, 9.17) is 24.0 Å². The summed E-state index contributed by atoms with van der Waals surface area (Å²) < 4.78 is 15.7. The van der Waals surface area contributed by atoms with Crippen LogP contribution in [0.1, 0.15) is 0 Å². The minimum atomic E-state index is -2.21. The van der Waals surface area contributed by atoms with Crippen LogP contribution in [-0.2, 0) is 23.8 Å². The average molecular weight is 350 g/mol. The minimum absolute atomic E-state index is 0.0396. The van der Waals surface area contributed by atoms with Crippen molar-refractivity contribution >= 4 is 20.7 Å². The van der Waals surface area contributed by atoms with Crippen molar-refractivity contribution in [1.82, 2.24) is 10.2 Å².